The van der Waals surface area contributed by atoms with Crippen molar-refractivity contribution in [2.24, 2.45) is 0 Å². The Labute approximate surface area is 111 Å². The van der Waals surface area contributed by atoms with Crippen LogP contribution in [-0.4, -0.2) is 18.6 Å². The summed E-state index contributed by atoms with van der Waals surface area (Å²) in [4.78, 5) is 4.24. The summed E-state index contributed by atoms with van der Waals surface area (Å²) in [6.45, 7) is 5.13. The number of pyridine rings is 1. The lowest BCUT2D eigenvalue weighted by atomic mass is 10.1. The first-order valence-corrected chi connectivity index (χ1v) is 7.04. The van der Waals surface area contributed by atoms with Crippen molar-refractivity contribution in [3.05, 3.63) is 23.9 Å². The van der Waals surface area contributed by atoms with E-state index >= 15 is 0 Å². The number of ether oxygens (including phenoxy) is 1. The molecule has 0 bridgehead atoms. The zero-order valence-electron chi connectivity index (χ0n) is 11.9. The summed E-state index contributed by atoms with van der Waals surface area (Å²) in [6.07, 6.45) is 8.10. The third-order valence-electron chi connectivity index (χ3n) is 3.19. The SMILES string of the molecule is CCCCCCCOc1cc(C(C)NC)ccn1. The average molecular weight is 250 g/mol. The van der Waals surface area contributed by atoms with Crippen LogP contribution in [0.15, 0.2) is 18.3 Å². The Hall–Kier alpha value is -1.09. The third-order valence-corrected chi connectivity index (χ3v) is 3.19. The van der Waals surface area contributed by atoms with Gasteiger partial charge in [0.25, 0.3) is 0 Å². The van der Waals surface area contributed by atoms with Gasteiger partial charge in [-0.15, -0.1) is 0 Å². The summed E-state index contributed by atoms with van der Waals surface area (Å²) in [5.74, 6) is 0.741. The van der Waals surface area contributed by atoms with Gasteiger partial charge in [0.05, 0.1) is 6.61 Å². The molecular weight excluding hydrogens is 224 g/mol. The highest BCUT2D eigenvalue weighted by molar-refractivity contribution is 5.23. The second-order valence-corrected chi connectivity index (χ2v) is 4.70. The number of hydrogen-bond acceptors (Lipinski definition) is 3. The van der Waals surface area contributed by atoms with E-state index in [0.29, 0.717) is 6.04 Å². The molecule has 0 aromatic carbocycles. The number of unbranched alkanes of at least 4 members (excludes halogenated alkanes) is 4. The minimum absolute atomic E-state index is 0.333. The van der Waals surface area contributed by atoms with Gasteiger partial charge in [0.1, 0.15) is 0 Å². The van der Waals surface area contributed by atoms with Crippen LogP contribution in [0.2, 0.25) is 0 Å². The molecule has 1 heterocycles. The van der Waals surface area contributed by atoms with Crippen LogP contribution in [-0.2, 0) is 0 Å². The van der Waals surface area contributed by atoms with Crippen molar-refractivity contribution in [2.75, 3.05) is 13.7 Å². The molecule has 0 aliphatic heterocycles. The first-order valence-electron chi connectivity index (χ1n) is 7.04. The molecule has 1 unspecified atom stereocenters. The summed E-state index contributed by atoms with van der Waals surface area (Å²) in [6, 6.07) is 4.38. The maximum atomic E-state index is 5.68. The molecule has 1 aromatic heterocycles. The molecule has 102 valence electrons. The monoisotopic (exact) mass is 250 g/mol. The molecule has 0 aliphatic carbocycles. The van der Waals surface area contributed by atoms with Crippen molar-refractivity contribution in [2.45, 2.75) is 52.0 Å². The fraction of sp³-hybridized carbons (Fsp3) is 0.667. The largest absolute Gasteiger partial charge is 0.478 e. The van der Waals surface area contributed by atoms with E-state index in [1.165, 1.54) is 31.2 Å². The van der Waals surface area contributed by atoms with E-state index in [0.717, 1.165) is 18.9 Å². The summed E-state index contributed by atoms with van der Waals surface area (Å²) < 4.78 is 5.68. The predicted molar refractivity (Wildman–Crippen MR) is 76.0 cm³/mol. The Kier molecular flexibility index (Phi) is 7.42. The van der Waals surface area contributed by atoms with Crippen molar-refractivity contribution in [3.63, 3.8) is 0 Å². The van der Waals surface area contributed by atoms with Gasteiger partial charge >= 0.3 is 0 Å². The normalized spacial score (nSPS) is 12.4. The van der Waals surface area contributed by atoms with Gasteiger partial charge in [0.15, 0.2) is 0 Å². The molecule has 1 rings (SSSR count). The fourth-order valence-electron chi connectivity index (χ4n) is 1.82. The molecule has 0 amide bonds. The first kappa shape index (κ1) is 15.0. The van der Waals surface area contributed by atoms with E-state index in [1.54, 1.807) is 0 Å². The Morgan fingerprint density at radius 3 is 2.78 bits per heavy atom. The molecule has 3 nitrogen and oxygen atoms in total. The van der Waals surface area contributed by atoms with Crippen LogP contribution in [0.3, 0.4) is 0 Å². The van der Waals surface area contributed by atoms with Gasteiger partial charge in [-0.1, -0.05) is 32.6 Å². The molecule has 0 fully saturated rings. The van der Waals surface area contributed by atoms with Gasteiger partial charge in [0.2, 0.25) is 5.88 Å². The number of nitrogens with zero attached hydrogens (tertiary/aromatic N) is 1. The third kappa shape index (κ3) is 5.50. The van der Waals surface area contributed by atoms with Crippen molar-refractivity contribution >= 4 is 0 Å². The zero-order chi connectivity index (χ0) is 13.2. The lowest BCUT2D eigenvalue weighted by Gasteiger charge is -2.12. The number of rotatable bonds is 9. The quantitative estimate of drug-likeness (QED) is 0.678. The lowest BCUT2D eigenvalue weighted by Crippen LogP contribution is -2.12. The standard InChI is InChI=1S/C15H26N2O/c1-4-5-6-7-8-11-18-15-12-14(9-10-17-15)13(2)16-3/h9-10,12-13,16H,4-8,11H2,1-3H3. The molecule has 0 saturated carbocycles. The average Bonchev–Trinajstić information content (AvgIpc) is 2.42. The molecule has 1 aromatic rings. The molecule has 0 spiro atoms. The number of hydrogen-bond donors (Lipinski definition) is 1. The highest BCUT2D eigenvalue weighted by Gasteiger charge is 2.04. The minimum atomic E-state index is 0.333. The Bertz CT molecular complexity index is 328. The highest BCUT2D eigenvalue weighted by Crippen LogP contribution is 2.16. The van der Waals surface area contributed by atoms with Gasteiger partial charge in [-0.25, -0.2) is 4.98 Å². The summed E-state index contributed by atoms with van der Waals surface area (Å²) in [5.41, 5.74) is 1.22. The van der Waals surface area contributed by atoms with E-state index in [9.17, 15) is 0 Å². The number of aromatic nitrogens is 1. The van der Waals surface area contributed by atoms with E-state index in [2.05, 4.69) is 24.1 Å². The van der Waals surface area contributed by atoms with Crippen LogP contribution in [0, 0.1) is 0 Å². The predicted octanol–water partition coefficient (Wildman–Crippen LogP) is 3.71. The van der Waals surface area contributed by atoms with Gasteiger partial charge in [-0.2, -0.15) is 0 Å². The van der Waals surface area contributed by atoms with E-state index in [1.807, 2.05) is 25.4 Å². The molecule has 0 aliphatic rings. The van der Waals surface area contributed by atoms with Crippen molar-refractivity contribution in [1.29, 1.82) is 0 Å². The molecular formula is C15H26N2O. The van der Waals surface area contributed by atoms with Crippen molar-refractivity contribution in [3.8, 4) is 5.88 Å². The second kappa shape index (κ2) is 8.92. The van der Waals surface area contributed by atoms with Gasteiger partial charge < -0.3 is 10.1 Å². The van der Waals surface area contributed by atoms with Crippen LogP contribution < -0.4 is 10.1 Å². The molecule has 3 heteroatoms. The van der Waals surface area contributed by atoms with Crippen molar-refractivity contribution in [1.82, 2.24) is 10.3 Å². The van der Waals surface area contributed by atoms with Crippen LogP contribution in [0.25, 0.3) is 0 Å². The van der Waals surface area contributed by atoms with Gasteiger partial charge in [-0.05, 0) is 32.0 Å². The smallest absolute Gasteiger partial charge is 0.213 e. The fourth-order valence-corrected chi connectivity index (χ4v) is 1.82. The van der Waals surface area contributed by atoms with E-state index < -0.39 is 0 Å². The van der Waals surface area contributed by atoms with Crippen LogP contribution in [0.4, 0.5) is 0 Å². The summed E-state index contributed by atoms with van der Waals surface area (Å²) in [7, 11) is 1.96. The van der Waals surface area contributed by atoms with Crippen LogP contribution >= 0.6 is 0 Å². The first-order chi connectivity index (χ1) is 8.77. The lowest BCUT2D eigenvalue weighted by molar-refractivity contribution is 0.293. The minimum Gasteiger partial charge on any atom is -0.478 e. The van der Waals surface area contributed by atoms with Gasteiger partial charge in [0, 0.05) is 18.3 Å². The second-order valence-electron chi connectivity index (χ2n) is 4.70. The molecule has 18 heavy (non-hydrogen) atoms. The Morgan fingerprint density at radius 1 is 1.28 bits per heavy atom. The van der Waals surface area contributed by atoms with Crippen LogP contribution in [0.5, 0.6) is 5.88 Å². The molecule has 0 saturated heterocycles. The summed E-state index contributed by atoms with van der Waals surface area (Å²) in [5, 5.41) is 3.22. The Balaban J connectivity index is 2.29. The molecule has 0 radical (unpaired) electrons. The molecule has 1 atom stereocenters. The summed E-state index contributed by atoms with van der Waals surface area (Å²) >= 11 is 0. The maximum Gasteiger partial charge on any atom is 0.213 e. The highest BCUT2D eigenvalue weighted by atomic mass is 16.5. The van der Waals surface area contributed by atoms with Gasteiger partial charge in [-0.3, -0.25) is 0 Å². The van der Waals surface area contributed by atoms with E-state index in [-0.39, 0.29) is 0 Å². The number of nitrogens with one attached hydrogen (secondary N) is 1. The zero-order valence-corrected chi connectivity index (χ0v) is 11.9. The Morgan fingerprint density at radius 2 is 2.06 bits per heavy atom. The topological polar surface area (TPSA) is 34.1 Å². The van der Waals surface area contributed by atoms with E-state index in [4.69, 9.17) is 4.74 Å². The van der Waals surface area contributed by atoms with Crippen LogP contribution in [0.1, 0.15) is 57.6 Å². The maximum absolute atomic E-state index is 5.68. The molecule has 1 N–H and O–H groups in total. The van der Waals surface area contributed by atoms with Crippen molar-refractivity contribution < 1.29 is 4.74 Å².